The summed E-state index contributed by atoms with van der Waals surface area (Å²) in [6.45, 7) is 3.98. The lowest BCUT2D eigenvalue weighted by Crippen LogP contribution is -2.23. The van der Waals surface area contributed by atoms with E-state index in [2.05, 4.69) is 29.4 Å². The van der Waals surface area contributed by atoms with Gasteiger partial charge in [0.15, 0.2) is 0 Å². The Hall–Kier alpha value is -1.52. The van der Waals surface area contributed by atoms with Crippen LogP contribution >= 0.6 is 23.4 Å². The molecule has 0 spiro atoms. The van der Waals surface area contributed by atoms with Gasteiger partial charge >= 0.3 is 0 Å². The van der Waals surface area contributed by atoms with Crippen LogP contribution in [0.5, 0.6) is 0 Å². The number of anilines is 1. The molecule has 0 aliphatic carbocycles. The Morgan fingerprint density at radius 1 is 1.33 bits per heavy atom. The first kappa shape index (κ1) is 15.9. The molecule has 110 valence electrons. The molecule has 0 aliphatic heterocycles. The number of carbonyl (C=O) groups excluding carboxylic acids is 1. The van der Waals surface area contributed by atoms with Gasteiger partial charge in [-0.05, 0) is 37.1 Å². The predicted molar refractivity (Wildman–Crippen MR) is 89.8 cm³/mol. The van der Waals surface area contributed by atoms with Crippen molar-refractivity contribution in [3.8, 4) is 0 Å². The fraction of sp³-hybridized carbons (Fsp3) is 0.250. The van der Waals surface area contributed by atoms with E-state index in [1.54, 1.807) is 23.9 Å². The summed E-state index contributed by atoms with van der Waals surface area (Å²) in [6, 6.07) is 11.6. The Balaban J connectivity index is 1.88. The van der Waals surface area contributed by atoms with Crippen LogP contribution in [-0.4, -0.2) is 16.1 Å². The summed E-state index contributed by atoms with van der Waals surface area (Å²) in [6.07, 6.45) is 1.52. The number of nitrogens with zero attached hydrogens (tertiary/aromatic N) is 1. The predicted octanol–water partition coefficient (Wildman–Crippen LogP) is 4.30. The molecule has 1 amide bonds. The lowest BCUT2D eigenvalue weighted by Gasteiger charge is -2.12. The fourth-order valence-corrected chi connectivity index (χ4v) is 2.82. The lowest BCUT2D eigenvalue weighted by atomic mass is 10.1. The number of benzene rings is 1. The number of thioether (sulfide) groups is 1. The van der Waals surface area contributed by atoms with Crippen LogP contribution in [0, 0.1) is 6.92 Å². The van der Waals surface area contributed by atoms with Crippen molar-refractivity contribution in [2.24, 2.45) is 0 Å². The van der Waals surface area contributed by atoms with Crippen LogP contribution in [0.15, 0.2) is 42.6 Å². The first-order valence-corrected chi connectivity index (χ1v) is 8.07. The number of aromatic nitrogens is 1. The van der Waals surface area contributed by atoms with Crippen LogP contribution in [0.25, 0.3) is 0 Å². The minimum Gasteiger partial charge on any atom is -0.310 e. The van der Waals surface area contributed by atoms with E-state index in [-0.39, 0.29) is 11.2 Å². The number of hydrogen-bond acceptors (Lipinski definition) is 3. The van der Waals surface area contributed by atoms with Gasteiger partial charge in [0, 0.05) is 11.9 Å². The molecule has 0 aliphatic rings. The minimum atomic E-state index is -0.151. The summed E-state index contributed by atoms with van der Waals surface area (Å²) in [5.74, 6) is 1.28. The van der Waals surface area contributed by atoms with Gasteiger partial charge in [0.2, 0.25) is 5.91 Å². The second-order valence-corrected chi connectivity index (χ2v) is 6.50. The van der Waals surface area contributed by atoms with Gasteiger partial charge in [-0.15, -0.1) is 11.8 Å². The second-order valence-electron chi connectivity index (χ2n) is 4.73. The number of pyridine rings is 1. The Morgan fingerprint density at radius 2 is 2.10 bits per heavy atom. The maximum atomic E-state index is 12.1. The summed E-state index contributed by atoms with van der Waals surface area (Å²) in [4.78, 5) is 16.2. The molecule has 1 N–H and O–H groups in total. The van der Waals surface area contributed by atoms with Crippen molar-refractivity contribution in [3.63, 3.8) is 0 Å². The van der Waals surface area contributed by atoms with Crippen molar-refractivity contribution in [3.05, 3.63) is 58.7 Å². The molecule has 3 nitrogen and oxygen atoms in total. The lowest BCUT2D eigenvalue weighted by molar-refractivity contribution is -0.115. The molecule has 2 aromatic rings. The molecule has 0 radical (unpaired) electrons. The third-order valence-corrected chi connectivity index (χ3v) is 4.51. The van der Waals surface area contributed by atoms with Gasteiger partial charge < -0.3 is 5.32 Å². The maximum Gasteiger partial charge on any atom is 0.238 e. The highest BCUT2D eigenvalue weighted by Crippen LogP contribution is 2.21. The Kier molecular flexibility index (Phi) is 5.65. The van der Waals surface area contributed by atoms with Crippen molar-refractivity contribution >= 4 is 35.1 Å². The number of hydrogen-bond donors (Lipinski definition) is 1. The van der Waals surface area contributed by atoms with Crippen molar-refractivity contribution in [1.82, 2.24) is 4.98 Å². The zero-order valence-corrected chi connectivity index (χ0v) is 13.5. The third kappa shape index (κ3) is 4.76. The first-order chi connectivity index (χ1) is 10.1. The molecule has 1 atom stereocenters. The highest BCUT2D eigenvalue weighted by atomic mass is 35.5. The molecule has 0 saturated carbocycles. The van der Waals surface area contributed by atoms with Crippen molar-refractivity contribution in [2.75, 3.05) is 5.32 Å². The molecule has 1 heterocycles. The van der Waals surface area contributed by atoms with E-state index in [0.29, 0.717) is 10.8 Å². The number of rotatable bonds is 5. The number of amides is 1. The summed E-state index contributed by atoms with van der Waals surface area (Å²) >= 11 is 7.37. The summed E-state index contributed by atoms with van der Waals surface area (Å²) < 4.78 is 0. The van der Waals surface area contributed by atoms with E-state index in [1.165, 1.54) is 17.3 Å². The quantitative estimate of drug-likeness (QED) is 0.893. The number of halogens is 1. The smallest absolute Gasteiger partial charge is 0.238 e. The molecule has 2 rings (SSSR count). The monoisotopic (exact) mass is 320 g/mol. The second kappa shape index (κ2) is 7.48. The highest BCUT2D eigenvalue weighted by molar-refractivity contribution is 7.99. The first-order valence-electron chi connectivity index (χ1n) is 6.65. The molecule has 0 fully saturated rings. The van der Waals surface area contributed by atoms with Crippen molar-refractivity contribution in [2.45, 2.75) is 24.9 Å². The number of nitrogens with one attached hydrogen (secondary N) is 1. The van der Waals surface area contributed by atoms with Gasteiger partial charge in [-0.1, -0.05) is 35.9 Å². The topological polar surface area (TPSA) is 42.0 Å². The molecule has 0 saturated heterocycles. The Morgan fingerprint density at radius 3 is 2.76 bits per heavy atom. The van der Waals surface area contributed by atoms with Crippen LogP contribution in [0.4, 0.5) is 5.82 Å². The Labute approximate surface area is 134 Å². The van der Waals surface area contributed by atoms with Gasteiger partial charge in [0.25, 0.3) is 0 Å². The molecule has 21 heavy (non-hydrogen) atoms. The average Bonchev–Trinajstić information content (AvgIpc) is 2.48. The van der Waals surface area contributed by atoms with Crippen LogP contribution in [0.2, 0.25) is 5.02 Å². The SMILES string of the molecule is Cc1ccccc1CSC(C)C(=O)Nc1ccc(Cl)cn1. The van der Waals surface area contributed by atoms with E-state index >= 15 is 0 Å². The molecular formula is C16H17ClN2OS. The number of aryl methyl sites for hydroxylation is 1. The molecule has 1 unspecified atom stereocenters. The van der Waals surface area contributed by atoms with Crippen LogP contribution < -0.4 is 5.32 Å². The minimum absolute atomic E-state index is 0.0524. The van der Waals surface area contributed by atoms with Crippen molar-refractivity contribution < 1.29 is 4.79 Å². The van der Waals surface area contributed by atoms with E-state index < -0.39 is 0 Å². The summed E-state index contributed by atoms with van der Waals surface area (Å²) in [5, 5.41) is 3.19. The Bertz CT molecular complexity index is 616. The van der Waals surface area contributed by atoms with Crippen LogP contribution in [0.1, 0.15) is 18.1 Å². The van der Waals surface area contributed by atoms with E-state index in [4.69, 9.17) is 11.6 Å². The van der Waals surface area contributed by atoms with Crippen molar-refractivity contribution in [1.29, 1.82) is 0 Å². The molecule has 1 aromatic heterocycles. The normalized spacial score (nSPS) is 12.0. The molecule has 1 aromatic carbocycles. The molecular weight excluding hydrogens is 304 g/mol. The van der Waals surface area contributed by atoms with Gasteiger partial charge in [-0.25, -0.2) is 4.98 Å². The van der Waals surface area contributed by atoms with Crippen LogP contribution in [0.3, 0.4) is 0 Å². The van der Waals surface area contributed by atoms with Gasteiger partial charge in [-0.3, -0.25) is 4.79 Å². The summed E-state index contributed by atoms with van der Waals surface area (Å²) in [5.41, 5.74) is 2.50. The third-order valence-electron chi connectivity index (χ3n) is 3.10. The van der Waals surface area contributed by atoms with E-state index in [0.717, 1.165) is 5.75 Å². The molecule has 5 heteroatoms. The van der Waals surface area contributed by atoms with E-state index in [1.807, 2.05) is 19.1 Å². The molecule has 0 bridgehead atoms. The number of carbonyl (C=O) groups is 1. The fourth-order valence-electron chi connectivity index (χ4n) is 1.74. The summed E-state index contributed by atoms with van der Waals surface area (Å²) in [7, 11) is 0. The van der Waals surface area contributed by atoms with Gasteiger partial charge in [0.05, 0.1) is 10.3 Å². The highest BCUT2D eigenvalue weighted by Gasteiger charge is 2.14. The largest absolute Gasteiger partial charge is 0.310 e. The van der Waals surface area contributed by atoms with E-state index in [9.17, 15) is 4.79 Å². The maximum absolute atomic E-state index is 12.1. The zero-order chi connectivity index (χ0) is 15.2. The standard InChI is InChI=1S/C16H17ClN2OS/c1-11-5-3-4-6-13(11)10-21-12(2)16(20)19-15-8-7-14(17)9-18-15/h3-9,12H,10H2,1-2H3,(H,18,19,20). The average molecular weight is 321 g/mol. The van der Waals surface area contributed by atoms with Gasteiger partial charge in [0.1, 0.15) is 5.82 Å². The van der Waals surface area contributed by atoms with Crippen LogP contribution in [-0.2, 0) is 10.5 Å². The zero-order valence-electron chi connectivity index (χ0n) is 12.0. The van der Waals surface area contributed by atoms with Gasteiger partial charge in [-0.2, -0.15) is 0 Å².